The molecule has 1 amide bonds. The molecule has 0 spiro atoms. The molecule has 0 radical (unpaired) electrons. The largest absolute Gasteiger partial charge is 0.497 e. The third kappa shape index (κ3) is 3.85. The topological polar surface area (TPSA) is 50.7 Å². The monoisotopic (exact) mass is 406 g/mol. The Bertz CT molecular complexity index is 850. The van der Waals surface area contributed by atoms with Crippen molar-refractivity contribution in [1.29, 1.82) is 0 Å². The number of nitrogens with zero attached hydrogens (tertiary/aromatic N) is 1. The van der Waals surface area contributed by atoms with Crippen LogP contribution in [0.3, 0.4) is 0 Å². The van der Waals surface area contributed by atoms with Crippen molar-refractivity contribution >= 4 is 50.5 Å². The normalized spacial score (nSPS) is 17.4. The molecule has 2 aromatic carbocycles. The predicted molar refractivity (Wildman–Crippen MR) is 97.9 cm³/mol. The molecule has 1 fully saturated rings. The number of halogens is 2. The quantitative estimate of drug-likeness (QED) is 0.763. The van der Waals surface area contributed by atoms with Gasteiger partial charge in [-0.2, -0.15) is 0 Å². The van der Waals surface area contributed by atoms with Crippen molar-refractivity contribution in [3.63, 3.8) is 0 Å². The van der Waals surface area contributed by atoms with Crippen molar-refractivity contribution < 1.29 is 13.9 Å². The molecule has 24 heavy (non-hydrogen) atoms. The number of benzene rings is 2. The molecule has 0 aromatic heterocycles. The fourth-order valence-electron chi connectivity index (χ4n) is 2.01. The summed E-state index contributed by atoms with van der Waals surface area (Å²) >= 11 is 4.69. The molecule has 0 unspecified atom stereocenters. The van der Waals surface area contributed by atoms with Crippen molar-refractivity contribution in [2.24, 2.45) is 4.99 Å². The number of methoxy groups -OCH3 is 1. The molecule has 7 heteroatoms. The molecule has 3 rings (SSSR count). The lowest BCUT2D eigenvalue weighted by Crippen LogP contribution is -2.19. The van der Waals surface area contributed by atoms with Crippen LogP contribution >= 0.6 is 27.7 Å². The maximum atomic E-state index is 12.9. The fourth-order valence-corrected chi connectivity index (χ4v) is 3.21. The maximum absolute atomic E-state index is 12.9. The first-order valence-electron chi connectivity index (χ1n) is 6.94. The Morgan fingerprint density at radius 3 is 2.71 bits per heavy atom. The molecule has 122 valence electrons. The van der Waals surface area contributed by atoms with E-state index in [9.17, 15) is 9.18 Å². The lowest BCUT2D eigenvalue weighted by atomic mass is 10.2. The molecular formula is C17H12BrFN2O2S. The van der Waals surface area contributed by atoms with Crippen LogP contribution in [0.15, 0.2) is 56.8 Å². The molecule has 0 bridgehead atoms. The number of thioether (sulfide) groups is 1. The van der Waals surface area contributed by atoms with E-state index in [4.69, 9.17) is 4.74 Å². The molecule has 1 N–H and O–H groups in total. The Labute approximate surface area is 150 Å². The standard InChI is InChI=1S/C17H12BrFN2O2S/c1-23-13-6-7-14(18)10(8-13)9-15-16(22)21-17(24-15)20-12-4-2-11(19)3-5-12/h2-9H,1H3,(H,20,21,22)/b15-9+. The summed E-state index contributed by atoms with van der Waals surface area (Å²) < 4.78 is 19.0. The average Bonchev–Trinajstić information content (AvgIpc) is 2.91. The van der Waals surface area contributed by atoms with Gasteiger partial charge in [0, 0.05) is 4.47 Å². The molecule has 2 aromatic rings. The Morgan fingerprint density at radius 1 is 1.25 bits per heavy atom. The van der Waals surface area contributed by atoms with Gasteiger partial charge < -0.3 is 10.1 Å². The van der Waals surface area contributed by atoms with Crippen molar-refractivity contribution in [3.8, 4) is 5.75 Å². The van der Waals surface area contributed by atoms with Crippen LogP contribution in [0.4, 0.5) is 10.1 Å². The molecule has 1 aliphatic heterocycles. The Balaban J connectivity index is 1.86. The van der Waals surface area contributed by atoms with Crippen LogP contribution in [0.1, 0.15) is 5.56 Å². The zero-order chi connectivity index (χ0) is 17.1. The number of ether oxygens (including phenoxy) is 1. The highest BCUT2D eigenvalue weighted by atomic mass is 79.9. The SMILES string of the molecule is COc1ccc(Br)c(/C=C2/SC(=Nc3ccc(F)cc3)NC2=O)c1. The zero-order valence-electron chi connectivity index (χ0n) is 12.5. The Morgan fingerprint density at radius 2 is 2.00 bits per heavy atom. The number of amides is 1. The molecule has 0 atom stereocenters. The molecular weight excluding hydrogens is 395 g/mol. The van der Waals surface area contributed by atoms with Gasteiger partial charge in [0.1, 0.15) is 11.6 Å². The molecule has 4 nitrogen and oxygen atoms in total. The second-order valence-electron chi connectivity index (χ2n) is 4.85. The van der Waals surface area contributed by atoms with Gasteiger partial charge >= 0.3 is 0 Å². The molecule has 1 heterocycles. The van der Waals surface area contributed by atoms with Crippen LogP contribution in [0.2, 0.25) is 0 Å². The summed E-state index contributed by atoms with van der Waals surface area (Å²) in [5, 5.41) is 3.16. The van der Waals surface area contributed by atoms with E-state index >= 15 is 0 Å². The smallest absolute Gasteiger partial charge is 0.264 e. The van der Waals surface area contributed by atoms with E-state index in [1.165, 1.54) is 23.9 Å². The van der Waals surface area contributed by atoms with Crippen LogP contribution in [0.25, 0.3) is 6.08 Å². The van der Waals surface area contributed by atoms with E-state index < -0.39 is 0 Å². The van der Waals surface area contributed by atoms with E-state index in [2.05, 4.69) is 26.2 Å². The number of hydrogen-bond donors (Lipinski definition) is 1. The fraction of sp³-hybridized carbons (Fsp3) is 0.0588. The van der Waals surface area contributed by atoms with Gasteiger partial charge in [-0.05, 0) is 65.9 Å². The third-order valence-electron chi connectivity index (χ3n) is 3.20. The van der Waals surface area contributed by atoms with Crippen LogP contribution < -0.4 is 10.1 Å². The minimum absolute atomic E-state index is 0.226. The van der Waals surface area contributed by atoms with Gasteiger partial charge in [-0.1, -0.05) is 15.9 Å². The van der Waals surface area contributed by atoms with Gasteiger partial charge in [-0.3, -0.25) is 4.79 Å². The highest BCUT2D eigenvalue weighted by Gasteiger charge is 2.24. The third-order valence-corrected chi connectivity index (χ3v) is 4.83. The number of carbonyl (C=O) groups excluding carboxylic acids is 1. The number of carbonyl (C=O) groups is 1. The minimum Gasteiger partial charge on any atom is -0.497 e. The summed E-state index contributed by atoms with van der Waals surface area (Å²) in [5.74, 6) is 0.148. The molecule has 1 saturated heterocycles. The predicted octanol–water partition coefficient (Wildman–Crippen LogP) is 4.49. The van der Waals surface area contributed by atoms with Gasteiger partial charge in [0.05, 0.1) is 17.7 Å². The van der Waals surface area contributed by atoms with Crippen LogP contribution in [-0.4, -0.2) is 18.2 Å². The Hall–Kier alpha value is -2.12. The lowest BCUT2D eigenvalue weighted by molar-refractivity contribution is -0.115. The summed E-state index contributed by atoms with van der Waals surface area (Å²) in [6.45, 7) is 0. The summed E-state index contributed by atoms with van der Waals surface area (Å²) in [4.78, 5) is 16.9. The summed E-state index contributed by atoms with van der Waals surface area (Å²) in [6, 6.07) is 11.3. The zero-order valence-corrected chi connectivity index (χ0v) is 14.9. The maximum Gasteiger partial charge on any atom is 0.264 e. The van der Waals surface area contributed by atoms with Crippen molar-refractivity contribution in [3.05, 3.63) is 63.2 Å². The van der Waals surface area contributed by atoms with E-state index in [0.29, 0.717) is 21.5 Å². The summed E-state index contributed by atoms with van der Waals surface area (Å²) in [5.41, 5.74) is 1.40. The number of aliphatic imine (C=N–C) groups is 1. The second-order valence-corrected chi connectivity index (χ2v) is 6.73. The van der Waals surface area contributed by atoms with Gasteiger partial charge in [-0.15, -0.1) is 0 Å². The summed E-state index contributed by atoms with van der Waals surface area (Å²) in [7, 11) is 1.59. The number of hydrogen-bond acceptors (Lipinski definition) is 4. The van der Waals surface area contributed by atoms with Crippen molar-refractivity contribution in [1.82, 2.24) is 5.32 Å². The number of rotatable bonds is 3. The van der Waals surface area contributed by atoms with E-state index in [0.717, 1.165) is 10.0 Å². The second kappa shape index (κ2) is 7.19. The van der Waals surface area contributed by atoms with Crippen LogP contribution in [-0.2, 0) is 4.79 Å². The van der Waals surface area contributed by atoms with E-state index in [-0.39, 0.29) is 11.7 Å². The molecule has 0 saturated carbocycles. The van der Waals surface area contributed by atoms with Gasteiger partial charge in [0.25, 0.3) is 5.91 Å². The lowest BCUT2D eigenvalue weighted by Gasteiger charge is -2.03. The first-order chi connectivity index (χ1) is 11.5. The van der Waals surface area contributed by atoms with Crippen molar-refractivity contribution in [2.45, 2.75) is 0 Å². The molecule has 1 aliphatic rings. The minimum atomic E-state index is -0.328. The highest BCUT2D eigenvalue weighted by Crippen LogP contribution is 2.31. The average molecular weight is 407 g/mol. The van der Waals surface area contributed by atoms with Crippen molar-refractivity contribution in [2.75, 3.05) is 7.11 Å². The first-order valence-corrected chi connectivity index (χ1v) is 8.55. The first kappa shape index (κ1) is 16.7. The van der Waals surface area contributed by atoms with Gasteiger partial charge in [0.2, 0.25) is 0 Å². The van der Waals surface area contributed by atoms with Crippen LogP contribution in [0, 0.1) is 5.82 Å². The van der Waals surface area contributed by atoms with Crippen LogP contribution in [0.5, 0.6) is 5.75 Å². The number of nitrogens with one attached hydrogen (secondary N) is 1. The van der Waals surface area contributed by atoms with E-state index in [1.807, 2.05) is 18.2 Å². The summed E-state index contributed by atoms with van der Waals surface area (Å²) in [6.07, 6.45) is 1.76. The van der Waals surface area contributed by atoms with Gasteiger partial charge in [-0.25, -0.2) is 9.38 Å². The van der Waals surface area contributed by atoms with Gasteiger partial charge in [0.15, 0.2) is 5.17 Å². The Kier molecular flexibility index (Phi) is 5.01. The molecule has 0 aliphatic carbocycles. The van der Waals surface area contributed by atoms with E-state index in [1.54, 1.807) is 25.3 Å². The highest BCUT2D eigenvalue weighted by molar-refractivity contribution is 9.10. The number of amidine groups is 1.